The van der Waals surface area contributed by atoms with E-state index < -0.39 is 11.9 Å². The highest BCUT2D eigenvalue weighted by Crippen LogP contribution is 2.32. The molecule has 0 radical (unpaired) electrons. The number of ether oxygens (including phenoxy) is 1. The molecule has 2 aromatic rings. The first kappa shape index (κ1) is 24.9. The van der Waals surface area contributed by atoms with Crippen LogP contribution in [0.2, 0.25) is 0 Å². The van der Waals surface area contributed by atoms with Crippen LogP contribution in [-0.4, -0.2) is 70.6 Å². The zero-order chi connectivity index (χ0) is 25.1. The Labute approximate surface area is 205 Å². The molecule has 1 aliphatic carbocycles. The van der Waals surface area contributed by atoms with Crippen molar-refractivity contribution in [3.8, 4) is 5.88 Å². The molecular formula is C27H32FN3O4. The number of halogens is 1. The maximum atomic E-state index is 13.5. The summed E-state index contributed by atoms with van der Waals surface area (Å²) in [5.41, 5.74) is 2.82. The van der Waals surface area contributed by atoms with E-state index in [9.17, 15) is 19.1 Å². The Morgan fingerprint density at radius 2 is 2.09 bits per heavy atom. The van der Waals surface area contributed by atoms with Crippen LogP contribution in [-0.2, 0) is 0 Å². The molecule has 0 saturated carbocycles. The molecule has 0 bridgehead atoms. The van der Waals surface area contributed by atoms with Crippen LogP contribution in [0.25, 0.3) is 5.57 Å². The zero-order valence-corrected chi connectivity index (χ0v) is 20.4. The van der Waals surface area contributed by atoms with Crippen molar-refractivity contribution in [2.45, 2.75) is 45.3 Å². The predicted octanol–water partition coefficient (Wildman–Crippen LogP) is 3.78. The number of rotatable bonds is 6. The molecule has 1 aromatic heterocycles. The molecule has 186 valence electrons. The van der Waals surface area contributed by atoms with Crippen molar-refractivity contribution in [3.05, 3.63) is 65.1 Å². The van der Waals surface area contributed by atoms with Gasteiger partial charge in [0, 0.05) is 31.3 Å². The number of pyridine rings is 1. The van der Waals surface area contributed by atoms with E-state index in [4.69, 9.17) is 4.74 Å². The zero-order valence-electron chi connectivity index (χ0n) is 20.4. The average Bonchev–Trinajstić information content (AvgIpc) is 3.40. The number of carbonyl (C=O) groups excluding carboxylic acids is 2. The smallest absolute Gasteiger partial charge is 0.259 e. The quantitative estimate of drug-likeness (QED) is 0.679. The lowest BCUT2D eigenvalue weighted by Crippen LogP contribution is -2.50. The Bertz CT molecular complexity index is 1120. The second-order valence-electron chi connectivity index (χ2n) is 9.51. The van der Waals surface area contributed by atoms with Crippen LogP contribution in [0.5, 0.6) is 5.88 Å². The SMILES string of the molecule is C[C@H]1CN([C@@H](C)CO)C(=O)c2cc(C3=CCCC3)cnc2O[C@H]1CN(C)C(=O)c1ccc(F)cc1. The van der Waals surface area contributed by atoms with Crippen LogP contribution in [0, 0.1) is 11.7 Å². The number of aromatic nitrogens is 1. The molecule has 0 unspecified atom stereocenters. The lowest BCUT2D eigenvalue weighted by Gasteiger charge is -2.37. The number of fused-ring (bicyclic) bond motifs is 1. The van der Waals surface area contributed by atoms with Gasteiger partial charge in [-0.05, 0) is 67.7 Å². The summed E-state index contributed by atoms with van der Waals surface area (Å²) in [6.45, 7) is 4.20. The van der Waals surface area contributed by atoms with Crippen LogP contribution >= 0.6 is 0 Å². The van der Waals surface area contributed by atoms with Gasteiger partial charge in [-0.25, -0.2) is 9.37 Å². The fourth-order valence-electron chi connectivity index (χ4n) is 4.59. The van der Waals surface area contributed by atoms with Gasteiger partial charge >= 0.3 is 0 Å². The van der Waals surface area contributed by atoms with Gasteiger partial charge in [-0.1, -0.05) is 13.0 Å². The van der Waals surface area contributed by atoms with Crippen molar-refractivity contribution in [2.24, 2.45) is 5.92 Å². The van der Waals surface area contributed by atoms with Crippen molar-refractivity contribution in [1.82, 2.24) is 14.8 Å². The molecular weight excluding hydrogens is 449 g/mol. The van der Waals surface area contributed by atoms with Gasteiger partial charge in [-0.15, -0.1) is 0 Å². The third-order valence-corrected chi connectivity index (χ3v) is 6.82. The minimum atomic E-state index is -0.450. The summed E-state index contributed by atoms with van der Waals surface area (Å²) in [5.74, 6) is -0.804. The monoisotopic (exact) mass is 481 g/mol. The van der Waals surface area contributed by atoms with E-state index in [-0.39, 0.29) is 42.8 Å². The second-order valence-corrected chi connectivity index (χ2v) is 9.51. The van der Waals surface area contributed by atoms with E-state index >= 15 is 0 Å². The number of benzene rings is 1. The van der Waals surface area contributed by atoms with Crippen LogP contribution in [0.15, 0.2) is 42.6 Å². The van der Waals surface area contributed by atoms with Crippen molar-refractivity contribution in [2.75, 3.05) is 26.7 Å². The van der Waals surface area contributed by atoms with Crippen molar-refractivity contribution in [3.63, 3.8) is 0 Å². The lowest BCUT2D eigenvalue weighted by molar-refractivity contribution is 0.0313. The summed E-state index contributed by atoms with van der Waals surface area (Å²) < 4.78 is 19.6. The topological polar surface area (TPSA) is 83.0 Å². The number of aliphatic hydroxyl groups excluding tert-OH is 1. The highest BCUT2D eigenvalue weighted by molar-refractivity contribution is 5.97. The van der Waals surface area contributed by atoms with Gasteiger partial charge in [0.05, 0.1) is 19.2 Å². The molecule has 0 spiro atoms. The van der Waals surface area contributed by atoms with E-state index in [2.05, 4.69) is 11.1 Å². The molecule has 1 N–H and O–H groups in total. The van der Waals surface area contributed by atoms with Gasteiger partial charge in [0.25, 0.3) is 11.8 Å². The first-order valence-corrected chi connectivity index (χ1v) is 12.1. The van der Waals surface area contributed by atoms with Crippen LogP contribution in [0.4, 0.5) is 4.39 Å². The average molecular weight is 482 g/mol. The van der Waals surface area contributed by atoms with E-state index in [0.717, 1.165) is 24.8 Å². The fourth-order valence-corrected chi connectivity index (χ4v) is 4.59. The molecule has 7 nitrogen and oxygen atoms in total. The number of nitrogens with zero attached hydrogens (tertiary/aromatic N) is 3. The van der Waals surface area contributed by atoms with Gasteiger partial charge < -0.3 is 19.6 Å². The summed E-state index contributed by atoms with van der Waals surface area (Å²) in [7, 11) is 1.67. The van der Waals surface area contributed by atoms with Crippen molar-refractivity contribution < 1.29 is 23.8 Å². The molecule has 2 aliphatic rings. The molecule has 0 fully saturated rings. The normalized spacial score (nSPS) is 20.9. The van der Waals surface area contributed by atoms with Crippen molar-refractivity contribution >= 4 is 17.4 Å². The highest BCUT2D eigenvalue weighted by atomic mass is 19.1. The Morgan fingerprint density at radius 1 is 1.34 bits per heavy atom. The molecule has 35 heavy (non-hydrogen) atoms. The van der Waals surface area contributed by atoms with Gasteiger partial charge in [-0.2, -0.15) is 0 Å². The third-order valence-electron chi connectivity index (χ3n) is 6.82. The number of amides is 2. The van der Waals surface area contributed by atoms with Gasteiger partial charge in [0.1, 0.15) is 17.5 Å². The Hall–Kier alpha value is -3.26. The third kappa shape index (κ3) is 5.37. The molecule has 2 heterocycles. The predicted molar refractivity (Wildman–Crippen MR) is 131 cm³/mol. The first-order valence-electron chi connectivity index (χ1n) is 12.1. The van der Waals surface area contributed by atoms with E-state index in [1.807, 2.05) is 19.9 Å². The molecule has 4 rings (SSSR count). The summed E-state index contributed by atoms with van der Waals surface area (Å²) >= 11 is 0. The van der Waals surface area contributed by atoms with E-state index in [0.29, 0.717) is 17.7 Å². The first-order chi connectivity index (χ1) is 16.8. The fraction of sp³-hybridized carbons (Fsp3) is 0.444. The highest BCUT2D eigenvalue weighted by Gasteiger charge is 2.35. The van der Waals surface area contributed by atoms with Gasteiger partial charge in [0.15, 0.2) is 0 Å². The lowest BCUT2D eigenvalue weighted by atomic mass is 9.99. The van der Waals surface area contributed by atoms with Crippen LogP contribution in [0.3, 0.4) is 0 Å². The molecule has 1 aromatic carbocycles. The second kappa shape index (κ2) is 10.6. The van der Waals surface area contributed by atoms with Gasteiger partial charge in [0.2, 0.25) is 5.88 Å². The minimum absolute atomic E-state index is 0.149. The van der Waals surface area contributed by atoms with Crippen molar-refractivity contribution in [1.29, 1.82) is 0 Å². The molecule has 8 heteroatoms. The number of hydrogen-bond donors (Lipinski definition) is 1. The number of aliphatic hydroxyl groups is 1. The minimum Gasteiger partial charge on any atom is -0.472 e. The van der Waals surface area contributed by atoms with E-state index in [1.165, 1.54) is 34.7 Å². The molecule has 1 aliphatic heterocycles. The summed E-state index contributed by atoms with van der Waals surface area (Å²) in [6.07, 6.45) is 6.50. The maximum Gasteiger partial charge on any atom is 0.259 e. The number of hydrogen-bond acceptors (Lipinski definition) is 5. The Kier molecular flexibility index (Phi) is 7.50. The van der Waals surface area contributed by atoms with Gasteiger partial charge in [-0.3, -0.25) is 9.59 Å². The summed E-state index contributed by atoms with van der Waals surface area (Å²) in [6, 6.07) is 6.87. The summed E-state index contributed by atoms with van der Waals surface area (Å²) in [5, 5.41) is 9.83. The maximum absolute atomic E-state index is 13.5. The van der Waals surface area contributed by atoms with E-state index in [1.54, 1.807) is 18.1 Å². The molecule has 0 saturated heterocycles. The Morgan fingerprint density at radius 3 is 2.74 bits per heavy atom. The molecule has 3 atom stereocenters. The standard InChI is InChI=1S/C27H32FN3O4/c1-17-14-31(18(2)16-32)27(34)23-12-21(19-6-4-5-7-19)13-29-25(23)35-24(17)15-30(3)26(33)20-8-10-22(28)11-9-20/h6,8-13,17-18,24,32H,4-5,7,14-16H2,1-3H3/t17-,18-,24-/m0/s1. The largest absolute Gasteiger partial charge is 0.472 e. The number of carbonyl (C=O) groups is 2. The number of likely N-dealkylation sites (N-methyl/N-ethyl adjacent to an activating group) is 1. The van der Waals surface area contributed by atoms with Crippen LogP contribution < -0.4 is 4.74 Å². The van der Waals surface area contributed by atoms with Crippen LogP contribution in [0.1, 0.15) is 59.4 Å². The summed E-state index contributed by atoms with van der Waals surface area (Å²) in [4.78, 5) is 34.2. The number of allylic oxidation sites excluding steroid dienone is 2. The molecule has 2 amide bonds. The Balaban J connectivity index is 1.64.